The van der Waals surface area contributed by atoms with Gasteiger partial charge in [-0.25, -0.2) is 4.39 Å². The minimum atomic E-state index is -0.387. The van der Waals surface area contributed by atoms with Crippen LogP contribution in [0, 0.1) is 11.7 Å². The maximum atomic E-state index is 13.7. The average Bonchev–Trinajstić information content (AvgIpc) is 3.00. The zero-order valence-electron chi connectivity index (χ0n) is 14.5. The van der Waals surface area contributed by atoms with Crippen molar-refractivity contribution in [1.29, 1.82) is 0 Å². The molecular weight excluding hydrogens is 325 g/mol. The van der Waals surface area contributed by atoms with E-state index in [4.69, 9.17) is 4.74 Å². The first-order valence-corrected chi connectivity index (χ1v) is 8.73. The van der Waals surface area contributed by atoms with Gasteiger partial charge in [0.15, 0.2) is 0 Å². The van der Waals surface area contributed by atoms with E-state index in [9.17, 15) is 14.0 Å². The van der Waals surface area contributed by atoms with Crippen molar-refractivity contribution in [1.82, 2.24) is 4.90 Å². The third-order valence-electron chi connectivity index (χ3n) is 4.80. The Kier molecular flexibility index (Phi) is 5.53. The molecule has 6 nitrogen and oxygen atoms in total. The van der Waals surface area contributed by atoms with E-state index in [1.807, 2.05) is 4.90 Å². The number of amides is 2. The van der Waals surface area contributed by atoms with E-state index < -0.39 is 0 Å². The minimum Gasteiger partial charge on any atom is -0.381 e. The zero-order chi connectivity index (χ0) is 17.8. The molecule has 2 amide bonds. The van der Waals surface area contributed by atoms with Crippen molar-refractivity contribution >= 4 is 23.2 Å². The summed E-state index contributed by atoms with van der Waals surface area (Å²) >= 11 is 0. The van der Waals surface area contributed by atoms with Gasteiger partial charge in [0.2, 0.25) is 11.8 Å². The standard InChI is InChI=1S/C18H24FN3O3/c1-13(23)21-6-2-7-22(9-8-21)17-4-3-15(19)11-16(17)20-18(24)14-5-10-25-12-14/h3-4,11,14H,2,5-10,12H2,1H3,(H,20,24). The summed E-state index contributed by atoms with van der Waals surface area (Å²) < 4.78 is 19.0. The van der Waals surface area contributed by atoms with Crippen LogP contribution in [0.25, 0.3) is 0 Å². The Hall–Kier alpha value is -2.15. The van der Waals surface area contributed by atoms with E-state index in [0.717, 1.165) is 18.7 Å². The molecule has 1 N–H and O–H groups in total. The summed E-state index contributed by atoms with van der Waals surface area (Å²) in [5, 5.41) is 2.86. The Morgan fingerprint density at radius 3 is 2.80 bits per heavy atom. The number of rotatable bonds is 3. The molecular formula is C18H24FN3O3. The first kappa shape index (κ1) is 17.7. The molecule has 0 bridgehead atoms. The molecule has 2 saturated heterocycles. The Morgan fingerprint density at radius 2 is 2.08 bits per heavy atom. The molecule has 0 aliphatic carbocycles. The van der Waals surface area contributed by atoms with Crippen LogP contribution in [0.15, 0.2) is 18.2 Å². The van der Waals surface area contributed by atoms with Crippen LogP contribution in [0.3, 0.4) is 0 Å². The molecule has 1 aromatic carbocycles. The van der Waals surface area contributed by atoms with Gasteiger partial charge in [0.1, 0.15) is 5.82 Å². The summed E-state index contributed by atoms with van der Waals surface area (Å²) in [5.74, 6) is -0.643. The number of anilines is 2. The topological polar surface area (TPSA) is 61.9 Å². The highest BCUT2D eigenvalue weighted by molar-refractivity contribution is 5.96. The maximum absolute atomic E-state index is 13.7. The SMILES string of the molecule is CC(=O)N1CCCN(c2ccc(F)cc2NC(=O)C2CCOC2)CC1. The molecule has 1 aromatic rings. The van der Waals surface area contributed by atoms with E-state index in [0.29, 0.717) is 45.0 Å². The number of hydrogen-bond acceptors (Lipinski definition) is 4. The fourth-order valence-corrected chi connectivity index (χ4v) is 3.33. The van der Waals surface area contributed by atoms with Crippen LogP contribution in [0.2, 0.25) is 0 Å². The summed E-state index contributed by atoms with van der Waals surface area (Å²) in [6, 6.07) is 4.45. The molecule has 0 spiro atoms. The Labute approximate surface area is 146 Å². The number of ether oxygens (including phenoxy) is 1. The van der Waals surface area contributed by atoms with Gasteiger partial charge in [-0.15, -0.1) is 0 Å². The van der Waals surface area contributed by atoms with E-state index >= 15 is 0 Å². The zero-order valence-corrected chi connectivity index (χ0v) is 14.5. The van der Waals surface area contributed by atoms with Crippen LogP contribution >= 0.6 is 0 Å². The molecule has 2 aliphatic rings. The molecule has 3 rings (SSSR count). The Balaban J connectivity index is 1.76. The highest BCUT2D eigenvalue weighted by atomic mass is 19.1. The van der Waals surface area contributed by atoms with Crippen LogP contribution in [-0.2, 0) is 14.3 Å². The number of carbonyl (C=O) groups excluding carboxylic acids is 2. The van der Waals surface area contributed by atoms with E-state index in [-0.39, 0.29) is 23.5 Å². The van der Waals surface area contributed by atoms with Crippen molar-refractivity contribution in [2.75, 3.05) is 49.6 Å². The number of nitrogens with one attached hydrogen (secondary N) is 1. The van der Waals surface area contributed by atoms with Gasteiger partial charge in [-0.05, 0) is 31.0 Å². The lowest BCUT2D eigenvalue weighted by Crippen LogP contribution is -2.34. The van der Waals surface area contributed by atoms with E-state index in [2.05, 4.69) is 10.2 Å². The van der Waals surface area contributed by atoms with Crippen molar-refractivity contribution in [2.45, 2.75) is 19.8 Å². The van der Waals surface area contributed by atoms with Crippen molar-refractivity contribution in [3.8, 4) is 0 Å². The number of hydrogen-bond donors (Lipinski definition) is 1. The molecule has 0 aromatic heterocycles. The first-order valence-electron chi connectivity index (χ1n) is 8.73. The van der Waals surface area contributed by atoms with Gasteiger partial charge in [-0.1, -0.05) is 0 Å². The molecule has 136 valence electrons. The van der Waals surface area contributed by atoms with Crippen LogP contribution in [0.5, 0.6) is 0 Å². The third kappa shape index (κ3) is 4.28. The fourth-order valence-electron chi connectivity index (χ4n) is 3.33. The number of halogens is 1. The molecule has 7 heteroatoms. The van der Waals surface area contributed by atoms with Gasteiger partial charge in [0.05, 0.1) is 23.9 Å². The summed E-state index contributed by atoms with van der Waals surface area (Å²) in [7, 11) is 0. The van der Waals surface area contributed by atoms with Crippen LogP contribution < -0.4 is 10.2 Å². The van der Waals surface area contributed by atoms with Gasteiger partial charge < -0.3 is 19.9 Å². The molecule has 2 heterocycles. The second-order valence-corrected chi connectivity index (χ2v) is 6.56. The highest BCUT2D eigenvalue weighted by Crippen LogP contribution is 2.29. The van der Waals surface area contributed by atoms with Crippen LogP contribution in [0.4, 0.5) is 15.8 Å². The minimum absolute atomic E-state index is 0.0655. The van der Waals surface area contributed by atoms with Crippen LogP contribution in [-0.4, -0.2) is 56.1 Å². The van der Waals surface area contributed by atoms with Gasteiger partial charge >= 0.3 is 0 Å². The lowest BCUT2D eigenvalue weighted by atomic mass is 10.1. The number of carbonyl (C=O) groups is 2. The van der Waals surface area contributed by atoms with Gasteiger partial charge in [-0.2, -0.15) is 0 Å². The monoisotopic (exact) mass is 349 g/mol. The maximum Gasteiger partial charge on any atom is 0.229 e. The summed E-state index contributed by atoms with van der Waals surface area (Å²) in [6.45, 7) is 5.31. The number of nitrogens with zero attached hydrogens (tertiary/aromatic N) is 2. The quantitative estimate of drug-likeness (QED) is 0.905. The third-order valence-corrected chi connectivity index (χ3v) is 4.80. The molecule has 2 fully saturated rings. The summed E-state index contributed by atoms with van der Waals surface area (Å²) in [5.41, 5.74) is 1.27. The molecule has 1 unspecified atom stereocenters. The van der Waals surface area contributed by atoms with Crippen molar-refractivity contribution in [2.24, 2.45) is 5.92 Å². The first-order chi connectivity index (χ1) is 12.0. The smallest absolute Gasteiger partial charge is 0.229 e. The molecule has 0 saturated carbocycles. The van der Waals surface area contributed by atoms with Crippen LogP contribution in [0.1, 0.15) is 19.8 Å². The summed E-state index contributed by atoms with van der Waals surface area (Å²) in [4.78, 5) is 27.9. The van der Waals surface area contributed by atoms with Gasteiger partial charge in [-0.3, -0.25) is 9.59 Å². The lowest BCUT2D eigenvalue weighted by molar-refractivity contribution is -0.128. The number of benzene rings is 1. The normalized spacial score (nSPS) is 21.1. The summed E-state index contributed by atoms with van der Waals surface area (Å²) in [6.07, 6.45) is 1.52. The molecule has 0 radical (unpaired) electrons. The predicted molar refractivity (Wildman–Crippen MR) is 93.0 cm³/mol. The average molecular weight is 349 g/mol. The predicted octanol–water partition coefficient (Wildman–Crippen LogP) is 1.86. The highest BCUT2D eigenvalue weighted by Gasteiger charge is 2.25. The van der Waals surface area contributed by atoms with E-state index in [1.165, 1.54) is 12.1 Å². The van der Waals surface area contributed by atoms with Crippen molar-refractivity contribution < 1.29 is 18.7 Å². The Bertz CT molecular complexity index is 646. The fraction of sp³-hybridized carbons (Fsp3) is 0.556. The molecule has 25 heavy (non-hydrogen) atoms. The molecule has 2 aliphatic heterocycles. The van der Waals surface area contributed by atoms with Crippen molar-refractivity contribution in [3.63, 3.8) is 0 Å². The second-order valence-electron chi connectivity index (χ2n) is 6.56. The largest absolute Gasteiger partial charge is 0.381 e. The van der Waals surface area contributed by atoms with Gasteiger partial charge in [0.25, 0.3) is 0 Å². The molecule has 1 atom stereocenters. The van der Waals surface area contributed by atoms with Gasteiger partial charge in [0, 0.05) is 39.7 Å². The lowest BCUT2D eigenvalue weighted by Gasteiger charge is -2.26. The van der Waals surface area contributed by atoms with E-state index in [1.54, 1.807) is 13.0 Å². The Morgan fingerprint density at radius 1 is 1.24 bits per heavy atom. The second kappa shape index (κ2) is 7.82. The van der Waals surface area contributed by atoms with Crippen molar-refractivity contribution in [3.05, 3.63) is 24.0 Å².